The fourth-order valence-electron chi connectivity index (χ4n) is 1.41. The first-order chi connectivity index (χ1) is 8.59. The first kappa shape index (κ1) is 12.4. The van der Waals surface area contributed by atoms with E-state index in [0.29, 0.717) is 5.71 Å². The summed E-state index contributed by atoms with van der Waals surface area (Å²) in [6, 6.07) is 3.82. The molecule has 0 spiro atoms. The summed E-state index contributed by atoms with van der Waals surface area (Å²) in [5, 5.41) is 9.59. The predicted molar refractivity (Wildman–Crippen MR) is 69.4 cm³/mol. The quantitative estimate of drug-likeness (QED) is 0.622. The van der Waals surface area contributed by atoms with Crippen molar-refractivity contribution in [3.8, 4) is 0 Å². The van der Waals surface area contributed by atoms with E-state index in [0.717, 1.165) is 4.88 Å². The number of thiophene rings is 1. The van der Waals surface area contributed by atoms with E-state index in [1.807, 2.05) is 17.5 Å². The second-order valence-electron chi connectivity index (χ2n) is 3.81. The number of hydrogen-bond acceptors (Lipinski definition) is 5. The molecule has 2 rings (SSSR count). The summed E-state index contributed by atoms with van der Waals surface area (Å²) >= 11 is 1.54. The molecular weight excluding hydrogens is 252 g/mol. The average molecular weight is 264 g/mol. The number of amides is 2. The summed E-state index contributed by atoms with van der Waals surface area (Å²) in [5.74, 6) is -1.28. The van der Waals surface area contributed by atoms with Crippen LogP contribution in [0.4, 0.5) is 0 Å². The molecule has 0 saturated heterocycles. The number of carbonyl (C=O) groups excluding carboxylic acids is 2. The molecular formula is C11H12N4O2S. The lowest BCUT2D eigenvalue weighted by atomic mass is 10.1. The van der Waals surface area contributed by atoms with Crippen LogP contribution in [0.1, 0.15) is 18.7 Å². The number of nitrogens with one attached hydrogen (secondary N) is 2. The lowest BCUT2D eigenvalue weighted by molar-refractivity contribution is -0.122. The van der Waals surface area contributed by atoms with Gasteiger partial charge in [0.2, 0.25) is 5.91 Å². The van der Waals surface area contributed by atoms with Crippen LogP contribution in [-0.4, -0.2) is 23.2 Å². The first-order valence-corrected chi connectivity index (χ1v) is 6.23. The summed E-state index contributed by atoms with van der Waals surface area (Å²) in [4.78, 5) is 23.9. The molecule has 1 unspecified atom stereocenters. The van der Waals surface area contributed by atoms with Gasteiger partial charge in [-0.25, -0.2) is 10.9 Å². The third-order valence-corrected chi connectivity index (χ3v) is 3.50. The molecule has 7 heteroatoms. The fourth-order valence-corrected chi connectivity index (χ4v) is 2.09. The molecule has 0 saturated carbocycles. The molecule has 0 bridgehead atoms. The van der Waals surface area contributed by atoms with Gasteiger partial charge >= 0.3 is 0 Å². The van der Waals surface area contributed by atoms with Crippen LogP contribution in [0.25, 0.3) is 0 Å². The van der Waals surface area contributed by atoms with Crippen molar-refractivity contribution in [1.82, 2.24) is 10.9 Å². The van der Waals surface area contributed by atoms with Gasteiger partial charge in [-0.05, 0) is 25.3 Å². The molecule has 18 heavy (non-hydrogen) atoms. The van der Waals surface area contributed by atoms with E-state index in [1.165, 1.54) is 11.3 Å². The highest BCUT2D eigenvalue weighted by Gasteiger charge is 2.30. The lowest BCUT2D eigenvalue weighted by Crippen LogP contribution is -2.32. The highest BCUT2D eigenvalue weighted by atomic mass is 32.1. The molecule has 0 fully saturated rings. The minimum atomic E-state index is -0.540. The van der Waals surface area contributed by atoms with E-state index >= 15 is 0 Å². The molecule has 0 radical (unpaired) electrons. The van der Waals surface area contributed by atoms with Crippen molar-refractivity contribution in [3.63, 3.8) is 0 Å². The number of carbonyl (C=O) groups is 2. The summed E-state index contributed by atoms with van der Waals surface area (Å²) in [5.41, 5.74) is 5.52. The van der Waals surface area contributed by atoms with Crippen LogP contribution < -0.4 is 10.9 Å². The minimum Gasteiger partial charge on any atom is -0.272 e. The van der Waals surface area contributed by atoms with Gasteiger partial charge in [-0.2, -0.15) is 10.2 Å². The van der Waals surface area contributed by atoms with Crippen molar-refractivity contribution in [2.75, 3.05) is 0 Å². The van der Waals surface area contributed by atoms with E-state index in [9.17, 15) is 9.59 Å². The number of hydrazone groups is 2. The Bertz CT molecular complexity index is 533. The maximum absolute atomic E-state index is 11.7. The molecule has 6 nitrogen and oxygen atoms in total. The highest BCUT2D eigenvalue weighted by Crippen LogP contribution is 2.09. The second kappa shape index (κ2) is 5.09. The molecule has 0 aromatic carbocycles. The molecule has 0 aliphatic carbocycles. The van der Waals surface area contributed by atoms with Crippen LogP contribution in [0.3, 0.4) is 0 Å². The number of nitrogens with zero attached hydrogens (tertiary/aromatic N) is 2. The molecule has 1 atom stereocenters. The summed E-state index contributed by atoms with van der Waals surface area (Å²) in [6.07, 6.45) is 0. The van der Waals surface area contributed by atoms with Crippen LogP contribution >= 0.6 is 11.3 Å². The van der Waals surface area contributed by atoms with Crippen molar-refractivity contribution in [1.29, 1.82) is 0 Å². The van der Waals surface area contributed by atoms with E-state index in [-0.39, 0.29) is 11.6 Å². The van der Waals surface area contributed by atoms with Crippen molar-refractivity contribution in [2.24, 2.45) is 16.1 Å². The van der Waals surface area contributed by atoms with Gasteiger partial charge in [0.25, 0.3) is 5.91 Å². The molecule has 2 heterocycles. The Morgan fingerprint density at radius 1 is 1.61 bits per heavy atom. The smallest absolute Gasteiger partial charge is 0.272 e. The lowest BCUT2D eigenvalue weighted by Gasteiger charge is -2.03. The van der Waals surface area contributed by atoms with Gasteiger partial charge in [0.1, 0.15) is 5.71 Å². The van der Waals surface area contributed by atoms with Gasteiger partial charge < -0.3 is 0 Å². The van der Waals surface area contributed by atoms with Crippen molar-refractivity contribution in [2.45, 2.75) is 13.8 Å². The Balaban J connectivity index is 2.01. The maximum Gasteiger partial charge on any atom is 0.288 e. The van der Waals surface area contributed by atoms with Gasteiger partial charge in [-0.15, -0.1) is 11.3 Å². The molecule has 94 valence electrons. The van der Waals surface area contributed by atoms with Gasteiger partial charge in [-0.1, -0.05) is 6.07 Å². The van der Waals surface area contributed by atoms with Crippen LogP contribution in [0.5, 0.6) is 0 Å². The average Bonchev–Trinajstić information content (AvgIpc) is 2.98. The van der Waals surface area contributed by atoms with Crippen molar-refractivity contribution in [3.05, 3.63) is 22.4 Å². The Labute approximate surface area is 108 Å². The zero-order valence-corrected chi connectivity index (χ0v) is 10.7. The van der Waals surface area contributed by atoms with Gasteiger partial charge in [0, 0.05) is 4.88 Å². The summed E-state index contributed by atoms with van der Waals surface area (Å²) in [6.45, 7) is 3.42. The van der Waals surface area contributed by atoms with E-state index in [1.54, 1.807) is 13.8 Å². The Hall–Kier alpha value is -2.02. The van der Waals surface area contributed by atoms with Crippen LogP contribution in [0.15, 0.2) is 27.7 Å². The normalized spacial score (nSPS) is 19.4. The van der Waals surface area contributed by atoms with E-state index in [4.69, 9.17) is 0 Å². The number of hydrogen-bond donors (Lipinski definition) is 2. The minimum absolute atomic E-state index is 0.155. The summed E-state index contributed by atoms with van der Waals surface area (Å²) in [7, 11) is 0. The Morgan fingerprint density at radius 3 is 2.94 bits per heavy atom. The summed E-state index contributed by atoms with van der Waals surface area (Å²) < 4.78 is 0. The van der Waals surface area contributed by atoms with Crippen molar-refractivity contribution < 1.29 is 9.59 Å². The van der Waals surface area contributed by atoms with E-state index in [2.05, 4.69) is 21.1 Å². The third-order valence-electron chi connectivity index (χ3n) is 2.53. The molecule has 2 N–H and O–H groups in total. The van der Waals surface area contributed by atoms with Crippen molar-refractivity contribution >= 4 is 34.6 Å². The van der Waals surface area contributed by atoms with E-state index < -0.39 is 11.8 Å². The topological polar surface area (TPSA) is 82.9 Å². The standard InChI is InChI=1S/C11H12N4O2S/c1-6-9(13-14-10(6)16)11(17)15-12-7(2)8-4-3-5-18-8/h3-6H,1-2H3,(H,14,16)(H,15,17)/b12-7+. The third kappa shape index (κ3) is 2.45. The zero-order valence-electron chi connectivity index (χ0n) is 9.93. The Kier molecular flexibility index (Phi) is 3.52. The zero-order chi connectivity index (χ0) is 13.1. The van der Waals surface area contributed by atoms with Gasteiger partial charge in [0.15, 0.2) is 0 Å². The Morgan fingerprint density at radius 2 is 2.39 bits per heavy atom. The first-order valence-electron chi connectivity index (χ1n) is 5.35. The molecule has 1 aliphatic heterocycles. The number of rotatable bonds is 3. The predicted octanol–water partition coefficient (Wildman–Crippen LogP) is 0.710. The van der Waals surface area contributed by atoms with Gasteiger partial charge in [-0.3, -0.25) is 9.59 Å². The molecule has 2 amide bonds. The monoisotopic (exact) mass is 264 g/mol. The second-order valence-corrected chi connectivity index (χ2v) is 4.76. The SMILES string of the molecule is C/C(=N\NC(=O)C1=NNC(=O)C1C)c1cccs1. The largest absolute Gasteiger partial charge is 0.288 e. The highest BCUT2D eigenvalue weighted by molar-refractivity contribution is 7.12. The maximum atomic E-state index is 11.7. The van der Waals surface area contributed by atoms with Crippen LogP contribution in [0, 0.1) is 5.92 Å². The molecule has 1 aromatic rings. The van der Waals surface area contributed by atoms with Crippen LogP contribution in [0.2, 0.25) is 0 Å². The van der Waals surface area contributed by atoms with Crippen LogP contribution in [-0.2, 0) is 9.59 Å². The molecule has 1 aromatic heterocycles. The van der Waals surface area contributed by atoms with Gasteiger partial charge in [0.05, 0.1) is 11.6 Å². The molecule has 1 aliphatic rings. The fraction of sp³-hybridized carbons (Fsp3) is 0.273.